The molecular weight excluding hydrogens is 749 g/mol. The van der Waals surface area contributed by atoms with Gasteiger partial charge < -0.3 is 15.0 Å². The van der Waals surface area contributed by atoms with Crippen LogP contribution >= 0.6 is 39.1 Å². The van der Waals surface area contributed by atoms with E-state index in [-0.39, 0.29) is 35.5 Å². The van der Waals surface area contributed by atoms with E-state index in [0.29, 0.717) is 32.4 Å². The van der Waals surface area contributed by atoms with Crippen LogP contribution in [0.3, 0.4) is 0 Å². The molecule has 49 heavy (non-hydrogen) atoms. The van der Waals surface area contributed by atoms with Crippen LogP contribution in [-0.4, -0.2) is 50.4 Å². The predicted octanol–water partition coefficient (Wildman–Crippen LogP) is 8.05. The van der Waals surface area contributed by atoms with Gasteiger partial charge in [0, 0.05) is 33.5 Å². The number of benzene rings is 4. The Hall–Kier alpha value is -3.57. The second-order valence-electron chi connectivity index (χ2n) is 11.8. The maximum absolute atomic E-state index is 14.7. The maximum atomic E-state index is 14.7. The number of sulfonamides is 1. The highest BCUT2D eigenvalue weighted by molar-refractivity contribution is 9.10. The van der Waals surface area contributed by atoms with Gasteiger partial charge >= 0.3 is 0 Å². The molecule has 0 radical (unpaired) electrons. The van der Waals surface area contributed by atoms with Gasteiger partial charge in [-0.2, -0.15) is 0 Å². The number of nitrogens with one attached hydrogen (secondary N) is 1. The van der Waals surface area contributed by atoms with E-state index in [1.165, 1.54) is 17.0 Å². The van der Waals surface area contributed by atoms with Crippen molar-refractivity contribution in [2.45, 2.75) is 62.6 Å². The van der Waals surface area contributed by atoms with Crippen molar-refractivity contribution in [2.75, 3.05) is 17.5 Å². The van der Waals surface area contributed by atoms with Crippen LogP contribution in [0.15, 0.2) is 106 Å². The van der Waals surface area contributed by atoms with Crippen LogP contribution in [0.25, 0.3) is 0 Å². The fourth-order valence-electron chi connectivity index (χ4n) is 5.89. The first-order valence-corrected chi connectivity index (χ1v) is 19.1. The van der Waals surface area contributed by atoms with Crippen LogP contribution in [0.5, 0.6) is 5.75 Å². The number of carbonyl (C=O) groups is 2. The van der Waals surface area contributed by atoms with Gasteiger partial charge in [0.05, 0.1) is 17.2 Å². The molecule has 0 unspecified atom stereocenters. The Balaban J connectivity index is 1.58. The first-order chi connectivity index (χ1) is 23.5. The van der Waals surface area contributed by atoms with E-state index in [2.05, 4.69) is 21.2 Å². The Morgan fingerprint density at radius 3 is 2.24 bits per heavy atom. The molecule has 1 fully saturated rings. The number of anilines is 1. The highest BCUT2D eigenvalue weighted by Crippen LogP contribution is 2.29. The number of hydrogen-bond acceptors (Lipinski definition) is 5. The molecule has 0 spiro atoms. The summed E-state index contributed by atoms with van der Waals surface area (Å²) in [6.45, 7) is 1.65. The number of ether oxygens (including phenoxy) is 1. The molecule has 0 aromatic heterocycles. The first-order valence-electron chi connectivity index (χ1n) is 16.1. The average Bonchev–Trinajstić information content (AvgIpc) is 3.60. The fraction of sp³-hybridized carbons (Fsp3) is 0.297. The minimum Gasteiger partial charge on any atom is -0.494 e. The molecule has 1 saturated carbocycles. The van der Waals surface area contributed by atoms with Gasteiger partial charge in [-0.1, -0.05) is 88.4 Å². The molecular formula is C37H38BrCl2N3O5S. The van der Waals surface area contributed by atoms with Gasteiger partial charge in [-0.3, -0.25) is 13.9 Å². The normalized spacial score (nSPS) is 13.9. The van der Waals surface area contributed by atoms with Crippen LogP contribution in [0.2, 0.25) is 10.0 Å². The summed E-state index contributed by atoms with van der Waals surface area (Å²) >= 11 is 16.2. The van der Waals surface area contributed by atoms with Crippen molar-refractivity contribution in [3.05, 3.63) is 123 Å². The number of amides is 2. The number of hydrogen-bond donors (Lipinski definition) is 1. The maximum Gasteiger partial charge on any atom is 0.264 e. The lowest BCUT2D eigenvalue weighted by Gasteiger charge is -2.34. The van der Waals surface area contributed by atoms with E-state index < -0.39 is 28.5 Å². The summed E-state index contributed by atoms with van der Waals surface area (Å²) in [4.78, 5) is 30.3. The van der Waals surface area contributed by atoms with E-state index in [1.807, 2.05) is 37.3 Å². The Morgan fingerprint density at radius 2 is 1.61 bits per heavy atom. The molecule has 5 rings (SSSR count). The summed E-state index contributed by atoms with van der Waals surface area (Å²) in [7, 11) is -4.25. The number of rotatable bonds is 14. The molecule has 1 aliphatic carbocycles. The summed E-state index contributed by atoms with van der Waals surface area (Å²) in [5, 5.41) is 3.92. The Kier molecular flexibility index (Phi) is 12.7. The molecule has 1 N–H and O–H groups in total. The molecule has 2 amide bonds. The van der Waals surface area contributed by atoms with Crippen LogP contribution in [-0.2, 0) is 32.6 Å². The lowest BCUT2D eigenvalue weighted by atomic mass is 10.0. The van der Waals surface area contributed by atoms with Gasteiger partial charge in [0.25, 0.3) is 10.0 Å². The van der Waals surface area contributed by atoms with Gasteiger partial charge in [-0.25, -0.2) is 8.42 Å². The minimum atomic E-state index is -4.25. The van der Waals surface area contributed by atoms with Crippen molar-refractivity contribution in [3.63, 3.8) is 0 Å². The molecule has 0 aliphatic heterocycles. The second-order valence-corrected chi connectivity index (χ2v) is 15.5. The van der Waals surface area contributed by atoms with E-state index in [9.17, 15) is 18.0 Å². The van der Waals surface area contributed by atoms with Crippen molar-refractivity contribution >= 4 is 66.7 Å². The molecule has 258 valence electrons. The Labute approximate surface area is 306 Å². The Morgan fingerprint density at radius 1 is 0.939 bits per heavy atom. The van der Waals surface area contributed by atoms with Gasteiger partial charge in [-0.15, -0.1) is 0 Å². The van der Waals surface area contributed by atoms with Crippen molar-refractivity contribution in [1.82, 2.24) is 10.2 Å². The molecule has 0 saturated heterocycles. The van der Waals surface area contributed by atoms with E-state index in [1.54, 1.807) is 54.6 Å². The molecule has 12 heteroatoms. The number of halogens is 3. The zero-order valence-electron chi connectivity index (χ0n) is 27.0. The second kappa shape index (κ2) is 16.9. The van der Waals surface area contributed by atoms with Crippen molar-refractivity contribution < 1.29 is 22.7 Å². The lowest BCUT2D eigenvalue weighted by molar-refractivity contribution is -0.140. The van der Waals surface area contributed by atoms with Crippen LogP contribution in [0, 0.1) is 0 Å². The zero-order valence-corrected chi connectivity index (χ0v) is 30.9. The van der Waals surface area contributed by atoms with Crippen molar-refractivity contribution in [3.8, 4) is 5.75 Å². The van der Waals surface area contributed by atoms with Gasteiger partial charge in [-0.05, 0) is 91.6 Å². The molecule has 4 aromatic rings. The summed E-state index contributed by atoms with van der Waals surface area (Å²) in [6.07, 6.45) is 3.96. The summed E-state index contributed by atoms with van der Waals surface area (Å²) in [6, 6.07) is 26.2. The topological polar surface area (TPSA) is 96.0 Å². The smallest absolute Gasteiger partial charge is 0.264 e. The zero-order chi connectivity index (χ0) is 35.0. The third kappa shape index (κ3) is 9.57. The van der Waals surface area contributed by atoms with Crippen molar-refractivity contribution in [1.29, 1.82) is 0 Å². The largest absolute Gasteiger partial charge is 0.494 e. The van der Waals surface area contributed by atoms with Gasteiger partial charge in [0.15, 0.2) is 0 Å². The van der Waals surface area contributed by atoms with E-state index in [0.717, 1.165) is 35.6 Å². The Bertz CT molecular complexity index is 1840. The number of carbonyl (C=O) groups excluding carboxylic acids is 2. The summed E-state index contributed by atoms with van der Waals surface area (Å²) in [5.41, 5.74) is 1.67. The first kappa shape index (κ1) is 36.7. The van der Waals surface area contributed by atoms with Crippen LogP contribution in [0.1, 0.15) is 43.7 Å². The highest BCUT2D eigenvalue weighted by atomic mass is 79.9. The third-order valence-electron chi connectivity index (χ3n) is 8.44. The van der Waals surface area contributed by atoms with Crippen LogP contribution in [0.4, 0.5) is 5.69 Å². The average molecular weight is 788 g/mol. The third-order valence-corrected chi connectivity index (χ3v) is 11.3. The molecule has 8 nitrogen and oxygen atoms in total. The standard InChI is InChI=1S/C37H38BrCl2N3O5S/c1-2-48-32-18-16-31(17-19-32)43(49(46,47)33-20-13-28(38)14-21-33)25-36(44)42(24-27-12-15-29(39)23-34(27)40)35(22-26-8-4-3-5-9-26)37(45)41-30-10-6-7-11-30/h3-5,8-9,12-21,23,30,35H,2,6-7,10-11,22,24-25H2,1H3,(H,41,45)/t35-/m1/s1. The number of nitrogens with zero attached hydrogens (tertiary/aromatic N) is 2. The molecule has 4 aromatic carbocycles. The molecule has 1 atom stereocenters. The van der Waals surface area contributed by atoms with Gasteiger partial charge in [0.1, 0.15) is 18.3 Å². The lowest BCUT2D eigenvalue weighted by Crippen LogP contribution is -2.54. The molecule has 0 heterocycles. The van der Waals surface area contributed by atoms with Crippen molar-refractivity contribution in [2.24, 2.45) is 0 Å². The highest BCUT2D eigenvalue weighted by Gasteiger charge is 2.36. The molecule has 1 aliphatic rings. The SMILES string of the molecule is CCOc1ccc(N(CC(=O)N(Cc2ccc(Cl)cc2Cl)[C@H](Cc2ccccc2)C(=O)NC2CCCC2)S(=O)(=O)c2ccc(Br)cc2)cc1. The summed E-state index contributed by atoms with van der Waals surface area (Å²) < 4.78 is 35.9. The predicted molar refractivity (Wildman–Crippen MR) is 198 cm³/mol. The van der Waals surface area contributed by atoms with E-state index >= 15 is 0 Å². The van der Waals surface area contributed by atoms with Crippen LogP contribution < -0.4 is 14.4 Å². The molecule has 0 bridgehead atoms. The quantitative estimate of drug-likeness (QED) is 0.140. The fourth-order valence-corrected chi connectivity index (χ4v) is 8.04. The monoisotopic (exact) mass is 785 g/mol. The van der Waals surface area contributed by atoms with E-state index in [4.69, 9.17) is 27.9 Å². The van der Waals surface area contributed by atoms with Gasteiger partial charge in [0.2, 0.25) is 11.8 Å². The summed E-state index contributed by atoms with van der Waals surface area (Å²) in [5.74, 6) is -0.329. The minimum absolute atomic E-state index is 0.0000181.